The van der Waals surface area contributed by atoms with Crippen molar-refractivity contribution < 1.29 is 0 Å². The Labute approximate surface area is 79.4 Å². The molecule has 3 nitrogen and oxygen atoms in total. The van der Waals surface area contributed by atoms with Gasteiger partial charge < -0.3 is 5.73 Å². The minimum Gasteiger partial charge on any atom is -0.330 e. The molecule has 2 N–H and O–H groups in total. The van der Waals surface area contributed by atoms with Gasteiger partial charge in [-0.05, 0) is 45.7 Å². The highest BCUT2D eigenvalue weighted by Gasteiger charge is 1.97. The Bertz CT molecular complexity index is 251. The zero-order valence-electron chi connectivity index (χ0n) is 8.38. The van der Waals surface area contributed by atoms with E-state index in [4.69, 9.17) is 5.73 Å². The lowest BCUT2D eigenvalue weighted by Crippen LogP contribution is -2.01. The molecule has 72 valence electrons. The van der Waals surface area contributed by atoms with Gasteiger partial charge >= 0.3 is 0 Å². The summed E-state index contributed by atoms with van der Waals surface area (Å²) in [7, 11) is 0. The molecular weight excluding hydrogens is 162 g/mol. The second-order valence-electron chi connectivity index (χ2n) is 3.29. The van der Waals surface area contributed by atoms with Crippen molar-refractivity contribution in [3.05, 3.63) is 23.3 Å². The minimum absolute atomic E-state index is 0.767. The lowest BCUT2D eigenvalue weighted by Gasteiger charge is -2.02. The zero-order chi connectivity index (χ0) is 9.68. The molecule has 0 radical (unpaired) electrons. The van der Waals surface area contributed by atoms with Crippen LogP contribution in [0.2, 0.25) is 0 Å². The van der Waals surface area contributed by atoms with Crippen LogP contribution in [-0.2, 0) is 6.42 Å². The van der Waals surface area contributed by atoms with Crippen LogP contribution in [0.5, 0.6) is 0 Å². The maximum absolute atomic E-state index is 5.42. The van der Waals surface area contributed by atoms with Gasteiger partial charge in [0.25, 0.3) is 0 Å². The summed E-state index contributed by atoms with van der Waals surface area (Å²) in [6, 6.07) is 2.05. The normalized spacial score (nSPS) is 10.4. The molecule has 0 saturated heterocycles. The number of rotatable bonds is 4. The summed E-state index contributed by atoms with van der Waals surface area (Å²) in [6.45, 7) is 4.70. The largest absolute Gasteiger partial charge is 0.330 e. The summed E-state index contributed by atoms with van der Waals surface area (Å²) in [5.74, 6) is 0.864. The Morgan fingerprint density at radius 3 is 2.62 bits per heavy atom. The van der Waals surface area contributed by atoms with E-state index in [0.717, 1.165) is 43.0 Å². The van der Waals surface area contributed by atoms with Crippen LogP contribution in [0.15, 0.2) is 6.07 Å². The molecule has 0 atom stereocenters. The van der Waals surface area contributed by atoms with Crippen LogP contribution in [0.4, 0.5) is 0 Å². The van der Waals surface area contributed by atoms with Gasteiger partial charge in [-0.1, -0.05) is 0 Å². The molecular formula is C10H17N3. The van der Waals surface area contributed by atoms with E-state index in [0.29, 0.717) is 0 Å². The van der Waals surface area contributed by atoms with Gasteiger partial charge in [-0.15, -0.1) is 0 Å². The molecule has 0 spiro atoms. The topological polar surface area (TPSA) is 51.8 Å². The van der Waals surface area contributed by atoms with Crippen LogP contribution in [0.3, 0.4) is 0 Å². The molecule has 0 saturated carbocycles. The van der Waals surface area contributed by atoms with E-state index < -0.39 is 0 Å². The fourth-order valence-electron chi connectivity index (χ4n) is 1.37. The third kappa shape index (κ3) is 3.51. The molecule has 1 aromatic rings. The first-order valence-electron chi connectivity index (χ1n) is 4.73. The smallest absolute Gasteiger partial charge is 0.125 e. The van der Waals surface area contributed by atoms with Crippen LogP contribution < -0.4 is 5.73 Å². The van der Waals surface area contributed by atoms with E-state index in [1.54, 1.807) is 0 Å². The minimum atomic E-state index is 0.767. The summed E-state index contributed by atoms with van der Waals surface area (Å²) < 4.78 is 0. The molecule has 0 aromatic carbocycles. The quantitative estimate of drug-likeness (QED) is 0.710. The fourth-order valence-corrected chi connectivity index (χ4v) is 1.37. The lowest BCUT2D eigenvalue weighted by molar-refractivity contribution is 0.726. The monoisotopic (exact) mass is 179 g/mol. The van der Waals surface area contributed by atoms with Crippen molar-refractivity contribution >= 4 is 0 Å². The predicted octanol–water partition coefficient (Wildman–Crippen LogP) is 1.37. The number of hydrogen-bond donors (Lipinski definition) is 1. The van der Waals surface area contributed by atoms with Crippen molar-refractivity contribution in [1.82, 2.24) is 9.97 Å². The summed E-state index contributed by atoms with van der Waals surface area (Å²) in [5.41, 5.74) is 7.61. The van der Waals surface area contributed by atoms with Gasteiger partial charge in [0, 0.05) is 11.4 Å². The van der Waals surface area contributed by atoms with Crippen molar-refractivity contribution in [2.24, 2.45) is 5.73 Å². The van der Waals surface area contributed by atoms with Gasteiger partial charge in [0.2, 0.25) is 0 Å². The van der Waals surface area contributed by atoms with Gasteiger partial charge in [-0.25, -0.2) is 9.97 Å². The number of hydrogen-bond acceptors (Lipinski definition) is 3. The Morgan fingerprint density at radius 1 is 1.23 bits per heavy atom. The highest BCUT2D eigenvalue weighted by Crippen LogP contribution is 2.04. The van der Waals surface area contributed by atoms with E-state index in [2.05, 4.69) is 9.97 Å². The molecule has 0 aliphatic heterocycles. The Morgan fingerprint density at radius 2 is 2.00 bits per heavy atom. The van der Waals surface area contributed by atoms with E-state index in [-0.39, 0.29) is 0 Å². The molecule has 0 aliphatic carbocycles. The average Bonchev–Trinajstić information content (AvgIpc) is 2.03. The molecule has 0 bridgehead atoms. The third-order valence-corrected chi connectivity index (χ3v) is 1.91. The van der Waals surface area contributed by atoms with Crippen LogP contribution >= 0.6 is 0 Å². The number of nitrogens with two attached hydrogens (primary N) is 1. The summed E-state index contributed by atoms with van der Waals surface area (Å²) in [6.07, 6.45) is 3.20. The molecule has 13 heavy (non-hydrogen) atoms. The second kappa shape index (κ2) is 4.92. The molecule has 3 heteroatoms. The Kier molecular flexibility index (Phi) is 3.83. The van der Waals surface area contributed by atoms with Crippen molar-refractivity contribution in [1.29, 1.82) is 0 Å². The third-order valence-electron chi connectivity index (χ3n) is 1.91. The standard InChI is InChI=1S/C10H17N3/c1-8-7-10(5-3-4-6-11)13-9(2)12-8/h7H,3-6,11H2,1-2H3. The first-order chi connectivity index (χ1) is 6.22. The average molecular weight is 179 g/mol. The fraction of sp³-hybridized carbons (Fsp3) is 0.600. The van der Waals surface area contributed by atoms with E-state index >= 15 is 0 Å². The van der Waals surface area contributed by atoms with Crippen molar-refractivity contribution in [3.8, 4) is 0 Å². The summed E-state index contributed by atoms with van der Waals surface area (Å²) in [4.78, 5) is 8.58. The lowest BCUT2D eigenvalue weighted by atomic mass is 10.2. The highest BCUT2D eigenvalue weighted by atomic mass is 14.9. The summed E-state index contributed by atoms with van der Waals surface area (Å²) >= 11 is 0. The zero-order valence-corrected chi connectivity index (χ0v) is 8.38. The number of unbranched alkanes of at least 4 members (excludes halogenated alkanes) is 1. The first-order valence-corrected chi connectivity index (χ1v) is 4.73. The van der Waals surface area contributed by atoms with E-state index in [9.17, 15) is 0 Å². The van der Waals surface area contributed by atoms with Crippen molar-refractivity contribution in [2.75, 3.05) is 6.54 Å². The van der Waals surface area contributed by atoms with Gasteiger partial charge in [0.1, 0.15) is 5.82 Å². The SMILES string of the molecule is Cc1cc(CCCCN)nc(C)n1. The van der Waals surface area contributed by atoms with Crippen molar-refractivity contribution in [3.63, 3.8) is 0 Å². The second-order valence-corrected chi connectivity index (χ2v) is 3.29. The van der Waals surface area contributed by atoms with Gasteiger partial charge in [0.15, 0.2) is 0 Å². The number of nitrogens with zero attached hydrogens (tertiary/aromatic N) is 2. The Balaban J connectivity index is 2.56. The molecule has 0 unspecified atom stereocenters. The molecule has 1 heterocycles. The summed E-state index contributed by atoms with van der Waals surface area (Å²) in [5, 5.41) is 0. The van der Waals surface area contributed by atoms with Gasteiger partial charge in [-0.3, -0.25) is 0 Å². The highest BCUT2D eigenvalue weighted by molar-refractivity contribution is 5.09. The number of aryl methyl sites for hydroxylation is 3. The van der Waals surface area contributed by atoms with Crippen molar-refractivity contribution in [2.45, 2.75) is 33.1 Å². The predicted molar refractivity (Wildman–Crippen MR) is 53.5 cm³/mol. The molecule has 1 rings (SSSR count). The maximum atomic E-state index is 5.42. The molecule has 0 aliphatic rings. The van der Waals surface area contributed by atoms with Crippen LogP contribution in [0.25, 0.3) is 0 Å². The van der Waals surface area contributed by atoms with E-state index in [1.807, 2.05) is 19.9 Å². The Hall–Kier alpha value is -0.960. The van der Waals surface area contributed by atoms with Crippen LogP contribution in [-0.4, -0.2) is 16.5 Å². The van der Waals surface area contributed by atoms with Crippen LogP contribution in [0, 0.1) is 13.8 Å². The maximum Gasteiger partial charge on any atom is 0.125 e. The molecule has 0 fully saturated rings. The number of aromatic nitrogens is 2. The van der Waals surface area contributed by atoms with Gasteiger partial charge in [0.05, 0.1) is 0 Å². The molecule has 1 aromatic heterocycles. The first kappa shape index (κ1) is 10.1. The van der Waals surface area contributed by atoms with E-state index in [1.165, 1.54) is 0 Å². The molecule has 0 amide bonds. The van der Waals surface area contributed by atoms with Crippen LogP contribution in [0.1, 0.15) is 30.1 Å². The van der Waals surface area contributed by atoms with Gasteiger partial charge in [-0.2, -0.15) is 0 Å².